The molecule has 0 spiro atoms. The van der Waals surface area contributed by atoms with Crippen LogP contribution in [0.5, 0.6) is 0 Å². The third kappa shape index (κ3) is 5.00. The Morgan fingerprint density at radius 2 is 1.94 bits per heavy atom. The van der Waals surface area contributed by atoms with Crippen LogP contribution in [-0.2, 0) is 30.7 Å². The van der Waals surface area contributed by atoms with Crippen LogP contribution >= 0.6 is 0 Å². The molecule has 4 rings (SSSR count). The molecule has 0 aliphatic carbocycles. The second kappa shape index (κ2) is 9.57. The number of rotatable bonds is 7. The fraction of sp³-hybridized carbons (Fsp3) is 0.364. The number of furan rings is 1. The van der Waals surface area contributed by atoms with E-state index < -0.39 is 0 Å². The van der Waals surface area contributed by atoms with Gasteiger partial charge in [-0.1, -0.05) is 12.1 Å². The van der Waals surface area contributed by atoms with E-state index in [0.29, 0.717) is 24.1 Å². The average molecular weight is 423 g/mol. The van der Waals surface area contributed by atoms with E-state index in [9.17, 15) is 9.59 Å². The lowest BCUT2D eigenvalue weighted by Crippen LogP contribution is -2.28. The summed E-state index contributed by atoms with van der Waals surface area (Å²) in [6, 6.07) is 9.15. The number of methoxy groups -OCH3 is 1. The third-order valence-electron chi connectivity index (χ3n) is 5.39. The summed E-state index contributed by atoms with van der Waals surface area (Å²) in [6.45, 7) is 3.84. The summed E-state index contributed by atoms with van der Waals surface area (Å²) in [4.78, 5) is 26.0. The van der Waals surface area contributed by atoms with Crippen molar-refractivity contribution in [3.8, 4) is 0 Å². The zero-order chi connectivity index (χ0) is 21.6. The van der Waals surface area contributed by atoms with E-state index in [1.165, 1.54) is 19.6 Å². The van der Waals surface area contributed by atoms with Crippen molar-refractivity contribution in [3.05, 3.63) is 71.2 Å². The van der Waals surface area contributed by atoms with E-state index in [1.54, 1.807) is 18.2 Å². The van der Waals surface area contributed by atoms with Gasteiger partial charge in [0.15, 0.2) is 0 Å². The quantitative estimate of drug-likeness (QED) is 0.577. The summed E-state index contributed by atoms with van der Waals surface area (Å²) >= 11 is 0. The standard InChI is InChI=1S/C22H25N5O4/c1-30-22(29)17-4-2-16(3-5-17)14-26-10-7-20-25-24-19(27(20)12-11-26)6-9-23-21(28)18-8-13-31-15-18/h2-5,8,13,15H,6-7,9-12,14H2,1H3,(H,23,28). The Morgan fingerprint density at radius 3 is 2.68 bits per heavy atom. The van der Waals surface area contributed by atoms with Gasteiger partial charge in [-0.3, -0.25) is 9.69 Å². The maximum absolute atomic E-state index is 12.0. The van der Waals surface area contributed by atoms with Crippen LogP contribution in [0.3, 0.4) is 0 Å². The number of benzene rings is 1. The fourth-order valence-corrected chi connectivity index (χ4v) is 3.68. The predicted octanol–water partition coefficient (Wildman–Crippen LogP) is 1.69. The predicted molar refractivity (Wildman–Crippen MR) is 112 cm³/mol. The molecular formula is C22H25N5O4. The van der Waals surface area contributed by atoms with Crippen molar-refractivity contribution < 1.29 is 18.7 Å². The number of carbonyl (C=O) groups excluding carboxylic acids is 2. The first-order valence-electron chi connectivity index (χ1n) is 10.2. The SMILES string of the molecule is COC(=O)c1ccc(CN2CCc3nnc(CCNC(=O)c4ccoc4)n3CC2)cc1. The summed E-state index contributed by atoms with van der Waals surface area (Å²) in [5, 5.41) is 11.6. The highest BCUT2D eigenvalue weighted by atomic mass is 16.5. The fourth-order valence-electron chi connectivity index (χ4n) is 3.68. The van der Waals surface area contributed by atoms with Crippen LogP contribution in [0.15, 0.2) is 47.3 Å². The summed E-state index contributed by atoms with van der Waals surface area (Å²) < 4.78 is 11.8. The van der Waals surface area contributed by atoms with E-state index >= 15 is 0 Å². The Hall–Kier alpha value is -3.46. The third-order valence-corrected chi connectivity index (χ3v) is 5.39. The number of amides is 1. The zero-order valence-corrected chi connectivity index (χ0v) is 17.4. The van der Waals surface area contributed by atoms with Crippen LogP contribution in [0.25, 0.3) is 0 Å². The van der Waals surface area contributed by atoms with E-state index in [2.05, 4.69) is 25.0 Å². The molecule has 1 aromatic carbocycles. The van der Waals surface area contributed by atoms with Gasteiger partial charge in [0.2, 0.25) is 0 Å². The number of nitrogens with zero attached hydrogens (tertiary/aromatic N) is 4. The van der Waals surface area contributed by atoms with Crippen molar-refractivity contribution in [2.75, 3.05) is 26.7 Å². The lowest BCUT2D eigenvalue weighted by atomic mass is 10.1. The highest BCUT2D eigenvalue weighted by Crippen LogP contribution is 2.14. The molecule has 3 aromatic rings. The maximum atomic E-state index is 12.0. The zero-order valence-electron chi connectivity index (χ0n) is 17.4. The van der Waals surface area contributed by atoms with E-state index in [4.69, 9.17) is 9.15 Å². The molecule has 1 amide bonds. The maximum Gasteiger partial charge on any atom is 0.337 e. The van der Waals surface area contributed by atoms with Crippen LogP contribution in [0, 0.1) is 0 Å². The van der Waals surface area contributed by atoms with Crippen molar-refractivity contribution >= 4 is 11.9 Å². The van der Waals surface area contributed by atoms with Gasteiger partial charge >= 0.3 is 5.97 Å². The number of esters is 1. The molecule has 9 heteroatoms. The Labute approximate surface area is 180 Å². The lowest BCUT2D eigenvalue weighted by Gasteiger charge is -2.19. The number of carbonyl (C=O) groups is 2. The van der Waals surface area contributed by atoms with Crippen LogP contribution in [0.4, 0.5) is 0 Å². The first kappa shape index (κ1) is 20.8. The molecule has 0 radical (unpaired) electrons. The number of hydrogen-bond acceptors (Lipinski definition) is 7. The van der Waals surface area contributed by atoms with Crippen molar-refractivity contribution in [1.82, 2.24) is 25.0 Å². The first-order valence-corrected chi connectivity index (χ1v) is 10.2. The van der Waals surface area contributed by atoms with E-state index in [0.717, 1.165) is 49.8 Å². The van der Waals surface area contributed by atoms with Crippen LogP contribution < -0.4 is 5.32 Å². The number of fused-ring (bicyclic) bond motifs is 1. The first-order chi connectivity index (χ1) is 15.1. The van der Waals surface area contributed by atoms with E-state index in [1.807, 2.05) is 12.1 Å². The molecule has 9 nitrogen and oxygen atoms in total. The number of hydrogen-bond donors (Lipinski definition) is 1. The monoisotopic (exact) mass is 423 g/mol. The van der Waals surface area contributed by atoms with Gasteiger partial charge < -0.3 is 19.0 Å². The highest BCUT2D eigenvalue weighted by molar-refractivity contribution is 5.93. The summed E-state index contributed by atoms with van der Waals surface area (Å²) in [7, 11) is 1.38. The topological polar surface area (TPSA) is 102 Å². The minimum atomic E-state index is -0.326. The molecule has 31 heavy (non-hydrogen) atoms. The minimum absolute atomic E-state index is 0.159. The molecule has 1 aliphatic rings. The second-order valence-electron chi connectivity index (χ2n) is 7.42. The highest BCUT2D eigenvalue weighted by Gasteiger charge is 2.19. The molecule has 0 fully saturated rings. The van der Waals surface area contributed by atoms with Crippen molar-refractivity contribution in [3.63, 3.8) is 0 Å². The van der Waals surface area contributed by atoms with Gasteiger partial charge in [0.05, 0.1) is 24.5 Å². The number of nitrogens with one attached hydrogen (secondary N) is 1. The minimum Gasteiger partial charge on any atom is -0.472 e. The molecule has 3 heterocycles. The molecule has 0 unspecified atom stereocenters. The molecule has 1 aliphatic heterocycles. The molecule has 162 valence electrons. The Kier molecular flexibility index (Phi) is 6.42. The number of aromatic nitrogens is 3. The van der Waals surface area contributed by atoms with Crippen LogP contribution in [0.1, 0.15) is 37.9 Å². The molecule has 2 aromatic heterocycles. The molecule has 0 atom stereocenters. The van der Waals surface area contributed by atoms with Gasteiger partial charge in [-0.25, -0.2) is 4.79 Å². The Bertz CT molecular complexity index is 1030. The van der Waals surface area contributed by atoms with Crippen molar-refractivity contribution in [1.29, 1.82) is 0 Å². The Balaban J connectivity index is 1.30. The van der Waals surface area contributed by atoms with Crippen molar-refractivity contribution in [2.24, 2.45) is 0 Å². The molecular weight excluding hydrogens is 398 g/mol. The van der Waals surface area contributed by atoms with E-state index in [-0.39, 0.29) is 11.9 Å². The molecule has 1 N–H and O–H groups in total. The van der Waals surface area contributed by atoms with Crippen LogP contribution in [-0.4, -0.2) is 58.3 Å². The molecule has 0 bridgehead atoms. The molecule has 0 saturated carbocycles. The summed E-state index contributed by atoms with van der Waals surface area (Å²) in [6.07, 6.45) is 4.34. The lowest BCUT2D eigenvalue weighted by molar-refractivity contribution is 0.0600. The van der Waals surface area contributed by atoms with Crippen molar-refractivity contribution in [2.45, 2.75) is 25.9 Å². The van der Waals surface area contributed by atoms with Gasteiger partial charge in [0.25, 0.3) is 5.91 Å². The summed E-state index contributed by atoms with van der Waals surface area (Å²) in [5.74, 6) is 1.37. The Morgan fingerprint density at radius 1 is 1.10 bits per heavy atom. The average Bonchev–Trinajstić information content (AvgIpc) is 3.42. The smallest absolute Gasteiger partial charge is 0.337 e. The normalized spacial score (nSPS) is 14.0. The second-order valence-corrected chi connectivity index (χ2v) is 7.42. The van der Waals surface area contributed by atoms with Gasteiger partial charge in [0, 0.05) is 45.6 Å². The van der Waals surface area contributed by atoms with Crippen LogP contribution in [0.2, 0.25) is 0 Å². The van der Waals surface area contributed by atoms with Gasteiger partial charge in [-0.2, -0.15) is 0 Å². The molecule has 0 saturated heterocycles. The van der Waals surface area contributed by atoms with Gasteiger partial charge in [-0.15, -0.1) is 10.2 Å². The van der Waals surface area contributed by atoms with Gasteiger partial charge in [-0.05, 0) is 23.8 Å². The number of ether oxygens (including phenoxy) is 1. The largest absolute Gasteiger partial charge is 0.472 e. The summed E-state index contributed by atoms with van der Waals surface area (Å²) in [5.41, 5.74) is 2.21. The van der Waals surface area contributed by atoms with Gasteiger partial charge in [0.1, 0.15) is 17.9 Å².